The lowest BCUT2D eigenvalue weighted by molar-refractivity contribution is -0.192. The molecule has 5 rings (SSSR count). The van der Waals surface area contributed by atoms with Gasteiger partial charge in [-0.15, -0.1) is 0 Å². The molecule has 4 saturated heterocycles. The number of piperidine rings is 2. The summed E-state index contributed by atoms with van der Waals surface area (Å²) in [4.78, 5) is 41.6. The highest BCUT2D eigenvalue weighted by atomic mass is 19.4. The molecule has 1 spiro atoms. The molecule has 10 nitrogen and oxygen atoms in total. The summed E-state index contributed by atoms with van der Waals surface area (Å²) in [6, 6.07) is 6.55. The molecule has 1 N–H and O–H groups in total. The first-order valence-electron chi connectivity index (χ1n) is 16.0. The largest absolute Gasteiger partial charge is 0.490 e. The second-order valence-electron chi connectivity index (χ2n) is 12.5. The number of carbonyl (C=O) groups excluding carboxylic acids is 2. The zero-order chi connectivity index (χ0) is 32.8. The lowest BCUT2D eigenvalue weighted by atomic mass is 9.75. The van der Waals surface area contributed by atoms with Gasteiger partial charge in [0.15, 0.2) is 6.29 Å². The number of carboxylic acids is 1. The number of ether oxygens (including phenoxy) is 3. The highest BCUT2D eigenvalue weighted by Crippen LogP contribution is 2.42. The third-order valence-corrected chi connectivity index (χ3v) is 9.55. The molecule has 1 unspecified atom stereocenters. The Labute approximate surface area is 262 Å². The van der Waals surface area contributed by atoms with Crippen molar-refractivity contribution in [2.75, 3.05) is 52.5 Å². The van der Waals surface area contributed by atoms with Crippen LogP contribution in [0.5, 0.6) is 0 Å². The van der Waals surface area contributed by atoms with E-state index in [4.69, 9.17) is 24.1 Å². The van der Waals surface area contributed by atoms with Crippen molar-refractivity contribution in [3.63, 3.8) is 0 Å². The Morgan fingerprint density at radius 2 is 1.60 bits per heavy atom. The third-order valence-electron chi connectivity index (χ3n) is 9.55. The number of halogens is 3. The Morgan fingerprint density at radius 3 is 2.13 bits per heavy atom. The van der Waals surface area contributed by atoms with Crippen LogP contribution in [0.4, 0.5) is 18.0 Å². The zero-order valence-electron chi connectivity index (χ0n) is 26.4. The van der Waals surface area contributed by atoms with Gasteiger partial charge in [-0.25, -0.2) is 9.59 Å². The van der Waals surface area contributed by atoms with Crippen LogP contribution in [0, 0.1) is 19.8 Å². The SMILES string of the molecule is CCCCC1CN(CC2OCCO2)C(=O)OC12CCN(C1CCN(C(=O)c3c(C)cccc3C)CC1)CC2.O=C(O)C(F)(F)F. The van der Waals surface area contributed by atoms with Gasteiger partial charge in [0, 0.05) is 63.1 Å². The molecule has 0 aliphatic carbocycles. The average Bonchev–Trinajstić information content (AvgIpc) is 3.51. The number of aryl methyl sites for hydroxylation is 2. The summed E-state index contributed by atoms with van der Waals surface area (Å²) < 4.78 is 49.2. The van der Waals surface area contributed by atoms with Crippen LogP contribution in [-0.2, 0) is 19.0 Å². The molecule has 1 atom stereocenters. The summed E-state index contributed by atoms with van der Waals surface area (Å²) in [6.45, 7) is 12.1. The van der Waals surface area contributed by atoms with Crippen molar-refractivity contribution in [1.82, 2.24) is 14.7 Å². The predicted octanol–water partition coefficient (Wildman–Crippen LogP) is 5.01. The van der Waals surface area contributed by atoms with Gasteiger partial charge in [-0.3, -0.25) is 9.69 Å². The summed E-state index contributed by atoms with van der Waals surface area (Å²) in [5.41, 5.74) is 2.61. The van der Waals surface area contributed by atoms with Crippen molar-refractivity contribution in [2.24, 2.45) is 5.92 Å². The van der Waals surface area contributed by atoms with Crippen molar-refractivity contribution in [1.29, 1.82) is 0 Å². The first-order chi connectivity index (χ1) is 21.3. The summed E-state index contributed by atoms with van der Waals surface area (Å²) in [5, 5.41) is 7.12. The number of benzene rings is 1. The van der Waals surface area contributed by atoms with Crippen molar-refractivity contribution < 1.29 is 46.9 Å². The van der Waals surface area contributed by atoms with Crippen LogP contribution in [-0.4, -0.2) is 114 Å². The van der Waals surface area contributed by atoms with E-state index in [-0.39, 0.29) is 23.9 Å². The maximum atomic E-state index is 13.3. The fourth-order valence-corrected chi connectivity index (χ4v) is 7.00. The number of likely N-dealkylation sites (tertiary alicyclic amines) is 2. The number of amides is 2. The molecule has 4 fully saturated rings. The topological polar surface area (TPSA) is 109 Å². The van der Waals surface area contributed by atoms with E-state index < -0.39 is 12.1 Å². The molecule has 4 aliphatic heterocycles. The number of carbonyl (C=O) groups is 3. The van der Waals surface area contributed by atoms with E-state index in [1.807, 2.05) is 36.9 Å². The molecule has 0 saturated carbocycles. The molecule has 4 aliphatic rings. The second kappa shape index (κ2) is 15.1. The molecule has 13 heteroatoms. The minimum Gasteiger partial charge on any atom is -0.475 e. The Balaban J connectivity index is 0.000000591. The van der Waals surface area contributed by atoms with Gasteiger partial charge in [-0.1, -0.05) is 38.0 Å². The van der Waals surface area contributed by atoms with Crippen LogP contribution in [0.25, 0.3) is 0 Å². The standard InChI is InChI=1S/C30H45N3O5.C2HF3O2/c1-4-5-9-24-20-33(21-26-36-18-19-37-26)29(35)38-30(24)12-16-31(17-13-30)25-10-14-32(15-11-25)28(34)27-22(2)7-6-8-23(27)3;3-2(4,5)1(6)7/h6-8,24-26H,4-5,9-21H2,1-3H3;(H,6,7). The minimum atomic E-state index is -5.08. The Hall–Kier alpha value is -2.90. The predicted molar refractivity (Wildman–Crippen MR) is 159 cm³/mol. The van der Waals surface area contributed by atoms with Gasteiger partial charge in [0.1, 0.15) is 5.60 Å². The monoisotopic (exact) mass is 641 g/mol. The highest BCUT2D eigenvalue weighted by Gasteiger charge is 2.50. The summed E-state index contributed by atoms with van der Waals surface area (Å²) >= 11 is 0. The van der Waals surface area contributed by atoms with E-state index in [9.17, 15) is 22.8 Å². The molecule has 0 bridgehead atoms. The normalized spacial score (nSPS) is 23.1. The quantitative estimate of drug-likeness (QED) is 0.443. The van der Waals surface area contributed by atoms with E-state index in [0.717, 1.165) is 94.4 Å². The van der Waals surface area contributed by atoms with E-state index in [1.54, 1.807) is 4.90 Å². The lowest BCUT2D eigenvalue weighted by Gasteiger charge is -2.52. The zero-order valence-corrected chi connectivity index (χ0v) is 26.4. The van der Waals surface area contributed by atoms with E-state index in [1.165, 1.54) is 0 Å². The first-order valence-corrected chi connectivity index (χ1v) is 16.0. The van der Waals surface area contributed by atoms with Crippen LogP contribution in [0.1, 0.15) is 73.4 Å². The fraction of sp³-hybridized carbons (Fsp3) is 0.719. The Bertz CT molecular complexity index is 1150. The molecular weight excluding hydrogens is 595 g/mol. The fourth-order valence-electron chi connectivity index (χ4n) is 7.00. The Kier molecular flexibility index (Phi) is 11.8. The van der Waals surface area contributed by atoms with Crippen LogP contribution < -0.4 is 0 Å². The van der Waals surface area contributed by atoms with Crippen molar-refractivity contribution in [3.05, 3.63) is 34.9 Å². The average molecular weight is 642 g/mol. The number of hydrogen-bond donors (Lipinski definition) is 1. The minimum absolute atomic E-state index is 0.169. The van der Waals surface area contributed by atoms with E-state index in [0.29, 0.717) is 31.7 Å². The molecule has 0 radical (unpaired) electrons. The van der Waals surface area contributed by atoms with Gasteiger partial charge in [0.25, 0.3) is 5.91 Å². The van der Waals surface area contributed by atoms with Crippen molar-refractivity contribution in [2.45, 2.75) is 89.8 Å². The molecule has 4 heterocycles. The van der Waals surface area contributed by atoms with Crippen LogP contribution in [0.15, 0.2) is 18.2 Å². The molecule has 2 amide bonds. The molecule has 0 aromatic heterocycles. The number of nitrogens with zero attached hydrogens (tertiary/aromatic N) is 3. The van der Waals surface area contributed by atoms with E-state index >= 15 is 0 Å². The molecular formula is C32H46F3N3O7. The summed E-state index contributed by atoms with van der Waals surface area (Å²) in [5.74, 6) is -2.25. The number of alkyl halides is 3. The van der Waals surface area contributed by atoms with Crippen LogP contribution in [0.3, 0.4) is 0 Å². The van der Waals surface area contributed by atoms with E-state index in [2.05, 4.69) is 11.8 Å². The molecule has 1 aromatic carbocycles. The number of unbranched alkanes of at least 4 members (excludes halogenated alkanes) is 1. The van der Waals surface area contributed by atoms with Crippen LogP contribution in [0.2, 0.25) is 0 Å². The summed E-state index contributed by atoms with van der Waals surface area (Å²) in [6.07, 6.45) is 1.49. The van der Waals surface area contributed by atoms with Crippen molar-refractivity contribution in [3.8, 4) is 0 Å². The van der Waals surface area contributed by atoms with Gasteiger partial charge < -0.3 is 29.1 Å². The molecule has 252 valence electrons. The van der Waals surface area contributed by atoms with Gasteiger partial charge >= 0.3 is 18.2 Å². The maximum Gasteiger partial charge on any atom is 0.490 e. The van der Waals surface area contributed by atoms with Gasteiger partial charge in [-0.2, -0.15) is 13.2 Å². The highest BCUT2D eigenvalue weighted by molar-refractivity contribution is 5.97. The van der Waals surface area contributed by atoms with Gasteiger partial charge in [0.05, 0.1) is 19.8 Å². The third kappa shape index (κ3) is 8.68. The molecule has 1 aromatic rings. The lowest BCUT2D eigenvalue weighted by Crippen LogP contribution is -2.62. The smallest absolute Gasteiger partial charge is 0.475 e. The second-order valence-corrected chi connectivity index (χ2v) is 12.5. The number of rotatable bonds is 7. The summed E-state index contributed by atoms with van der Waals surface area (Å²) in [7, 11) is 0. The molecule has 45 heavy (non-hydrogen) atoms. The van der Waals surface area contributed by atoms with Gasteiger partial charge in [-0.05, 0) is 44.2 Å². The first kappa shape index (κ1) is 35.0. The van der Waals surface area contributed by atoms with Gasteiger partial charge in [0.2, 0.25) is 0 Å². The Morgan fingerprint density at radius 1 is 1.02 bits per heavy atom. The number of carboxylic acid groups (broad SMARTS) is 1. The van der Waals surface area contributed by atoms with Crippen LogP contribution >= 0.6 is 0 Å². The van der Waals surface area contributed by atoms with Crippen molar-refractivity contribution >= 4 is 18.0 Å². The number of hydrogen-bond acceptors (Lipinski definition) is 7. The maximum absolute atomic E-state index is 13.3. The number of aliphatic carboxylic acids is 1.